The number of rotatable bonds is 11. The fourth-order valence-electron chi connectivity index (χ4n) is 5.46. The van der Waals surface area contributed by atoms with Crippen molar-refractivity contribution in [3.05, 3.63) is 70.9 Å². The third kappa shape index (κ3) is 6.55. The molecule has 0 spiro atoms. The Morgan fingerprint density at radius 1 is 1.19 bits per heavy atom. The number of aliphatic hydroxyl groups excluding tert-OH is 1. The van der Waals surface area contributed by atoms with Gasteiger partial charge in [0.25, 0.3) is 0 Å². The molecule has 1 unspecified atom stereocenters. The van der Waals surface area contributed by atoms with Crippen molar-refractivity contribution in [1.29, 1.82) is 0 Å². The fraction of sp³-hybridized carbons (Fsp3) is 0.448. The smallest absolute Gasteiger partial charge is 0.303 e. The second-order valence-corrected chi connectivity index (χ2v) is 10.4. The van der Waals surface area contributed by atoms with Crippen LogP contribution in [0.25, 0.3) is 10.9 Å². The topological polar surface area (TPSA) is 82.9 Å². The Kier molecular flexibility index (Phi) is 8.83. The Morgan fingerprint density at radius 3 is 2.64 bits per heavy atom. The lowest BCUT2D eigenvalue weighted by Gasteiger charge is -2.41. The number of carboxylic acids is 1. The van der Waals surface area contributed by atoms with Crippen LogP contribution >= 0.6 is 11.6 Å². The van der Waals surface area contributed by atoms with Gasteiger partial charge in [-0.25, -0.2) is 0 Å². The molecule has 1 saturated heterocycles. The first-order valence-corrected chi connectivity index (χ1v) is 13.1. The van der Waals surface area contributed by atoms with Crippen LogP contribution in [0.4, 0.5) is 0 Å². The summed E-state index contributed by atoms with van der Waals surface area (Å²) in [6.07, 6.45) is 5.71. The van der Waals surface area contributed by atoms with Crippen LogP contribution < -0.4 is 4.74 Å². The van der Waals surface area contributed by atoms with Crippen LogP contribution in [0.5, 0.6) is 5.75 Å². The molecule has 0 aliphatic carbocycles. The van der Waals surface area contributed by atoms with E-state index in [-0.39, 0.29) is 11.8 Å². The monoisotopic (exact) mass is 510 g/mol. The zero-order chi connectivity index (χ0) is 25.5. The predicted octanol–water partition coefficient (Wildman–Crippen LogP) is 5.90. The minimum Gasteiger partial charge on any atom is -0.497 e. The minimum atomic E-state index is -0.815. The van der Waals surface area contributed by atoms with Crippen molar-refractivity contribution in [2.75, 3.05) is 26.7 Å². The highest BCUT2D eigenvalue weighted by molar-refractivity contribution is 6.32. The molecule has 7 heteroatoms. The molecule has 3 aromatic rings. The average Bonchev–Trinajstić information content (AvgIpc) is 2.88. The molecule has 2 heterocycles. The number of aromatic nitrogens is 1. The molecule has 1 aliphatic rings. The number of pyridine rings is 1. The maximum absolute atomic E-state index is 11.8. The average molecular weight is 511 g/mol. The van der Waals surface area contributed by atoms with Gasteiger partial charge in [0.1, 0.15) is 5.75 Å². The van der Waals surface area contributed by atoms with Crippen LogP contribution in [0.2, 0.25) is 5.02 Å². The summed E-state index contributed by atoms with van der Waals surface area (Å²) < 4.78 is 5.35. The van der Waals surface area contributed by atoms with Crippen molar-refractivity contribution < 1.29 is 19.7 Å². The molecule has 0 amide bonds. The van der Waals surface area contributed by atoms with E-state index in [0.29, 0.717) is 29.2 Å². The Hall–Kier alpha value is -2.67. The summed E-state index contributed by atoms with van der Waals surface area (Å²) in [4.78, 5) is 18.6. The lowest BCUT2D eigenvalue weighted by atomic mass is 9.71. The number of ether oxygens (including phenoxy) is 1. The predicted molar refractivity (Wildman–Crippen MR) is 143 cm³/mol. The van der Waals surface area contributed by atoms with Gasteiger partial charge in [0.05, 0.1) is 30.2 Å². The molecule has 192 valence electrons. The summed E-state index contributed by atoms with van der Waals surface area (Å²) in [7, 11) is 1.60. The van der Waals surface area contributed by atoms with Crippen molar-refractivity contribution in [1.82, 2.24) is 9.88 Å². The van der Waals surface area contributed by atoms with Crippen molar-refractivity contribution in [2.24, 2.45) is 5.41 Å². The largest absolute Gasteiger partial charge is 0.497 e. The third-order valence-electron chi connectivity index (χ3n) is 7.58. The molecule has 1 fully saturated rings. The quantitative estimate of drug-likeness (QED) is 0.334. The first-order valence-electron chi connectivity index (χ1n) is 12.7. The van der Waals surface area contributed by atoms with Crippen LogP contribution in [0, 0.1) is 5.41 Å². The van der Waals surface area contributed by atoms with Gasteiger partial charge >= 0.3 is 5.97 Å². The van der Waals surface area contributed by atoms with Crippen LogP contribution in [0.1, 0.15) is 55.8 Å². The molecule has 6 nitrogen and oxygen atoms in total. The van der Waals surface area contributed by atoms with E-state index in [2.05, 4.69) is 34.1 Å². The molecule has 2 aromatic carbocycles. The van der Waals surface area contributed by atoms with Gasteiger partial charge in [-0.05, 0) is 87.3 Å². The molecule has 0 saturated carbocycles. The highest BCUT2D eigenvalue weighted by atomic mass is 35.5. The second-order valence-electron chi connectivity index (χ2n) is 9.96. The van der Waals surface area contributed by atoms with Gasteiger partial charge in [-0.3, -0.25) is 9.78 Å². The standard InChI is InChI=1S/C29H35ClN2O4/c1-36-22-9-10-25-23(18-22)28(24(30)20-31-25)26(33)11-12-29(19-27(34)35)13-16-32(17-14-29)15-5-8-21-6-3-2-4-7-21/h2-4,6-7,9-10,18,20,26,33H,5,8,11-17,19H2,1H3,(H,34,35). The lowest BCUT2D eigenvalue weighted by molar-refractivity contribution is -0.141. The number of hydrogen-bond acceptors (Lipinski definition) is 5. The lowest BCUT2D eigenvalue weighted by Crippen LogP contribution is -2.41. The number of carboxylic acid groups (broad SMARTS) is 1. The van der Waals surface area contributed by atoms with Crippen LogP contribution in [-0.4, -0.2) is 52.8 Å². The van der Waals surface area contributed by atoms with E-state index >= 15 is 0 Å². The normalized spacial score (nSPS) is 16.6. The maximum Gasteiger partial charge on any atom is 0.303 e. The van der Waals surface area contributed by atoms with E-state index in [1.54, 1.807) is 13.3 Å². The van der Waals surface area contributed by atoms with Crippen molar-refractivity contribution in [3.63, 3.8) is 0 Å². The summed E-state index contributed by atoms with van der Waals surface area (Å²) in [5.74, 6) is -0.110. The third-order valence-corrected chi connectivity index (χ3v) is 7.88. The Balaban J connectivity index is 1.39. The minimum absolute atomic E-state index is 0.121. The van der Waals surface area contributed by atoms with Gasteiger partial charge in [-0.15, -0.1) is 0 Å². The van der Waals surface area contributed by atoms with E-state index in [1.165, 1.54) is 5.56 Å². The number of halogens is 1. The number of aryl methyl sites for hydroxylation is 1. The zero-order valence-corrected chi connectivity index (χ0v) is 21.6. The molecule has 0 radical (unpaired) electrons. The number of hydrogen-bond donors (Lipinski definition) is 2. The van der Waals surface area contributed by atoms with E-state index in [9.17, 15) is 15.0 Å². The number of likely N-dealkylation sites (tertiary alicyclic amines) is 1. The number of nitrogens with zero attached hydrogens (tertiary/aromatic N) is 2. The summed E-state index contributed by atoms with van der Waals surface area (Å²) in [5, 5.41) is 22.0. The van der Waals surface area contributed by atoms with Gasteiger partial charge < -0.3 is 19.8 Å². The number of aliphatic carboxylic acids is 1. The van der Waals surface area contributed by atoms with Gasteiger partial charge in [-0.1, -0.05) is 41.9 Å². The summed E-state index contributed by atoms with van der Waals surface area (Å²) in [6, 6.07) is 16.0. The van der Waals surface area contributed by atoms with E-state index < -0.39 is 12.1 Å². The molecule has 1 aliphatic heterocycles. The van der Waals surface area contributed by atoms with Crippen molar-refractivity contribution >= 4 is 28.5 Å². The number of fused-ring (bicyclic) bond motifs is 1. The first kappa shape index (κ1) is 26.4. The summed E-state index contributed by atoms with van der Waals surface area (Å²) in [6.45, 7) is 2.78. The number of benzene rings is 2. The summed E-state index contributed by atoms with van der Waals surface area (Å²) in [5.41, 5.74) is 2.39. The van der Waals surface area contributed by atoms with Crippen LogP contribution in [0.3, 0.4) is 0 Å². The van der Waals surface area contributed by atoms with E-state index in [0.717, 1.165) is 56.2 Å². The molecule has 0 bridgehead atoms. The zero-order valence-electron chi connectivity index (χ0n) is 20.8. The highest BCUT2D eigenvalue weighted by Crippen LogP contribution is 2.43. The van der Waals surface area contributed by atoms with E-state index in [1.807, 2.05) is 24.3 Å². The van der Waals surface area contributed by atoms with Crippen molar-refractivity contribution in [3.8, 4) is 5.75 Å². The highest BCUT2D eigenvalue weighted by Gasteiger charge is 2.37. The van der Waals surface area contributed by atoms with Crippen molar-refractivity contribution in [2.45, 2.75) is 51.0 Å². The molecular formula is C29H35ClN2O4. The number of carbonyl (C=O) groups is 1. The summed E-state index contributed by atoms with van der Waals surface area (Å²) >= 11 is 6.48. The van der Waals surface area contributed by atoms with Crippen LogP contribution in [0.15, 0.2) is 54.7 Å². The SMILES string of the molecule is COc1ccc2ncc(Cl)c(C(O)CCC3(CC(=O)O)CCN(CCCc4ccccc4)CC3)c2c1. The van der Waals surface area contributed by atoms with Gasteiger partial charge in [0.2, 0.25) is 0 Å². The van der Waals surface area contributed by atoms with E-state index in [4.69, 9.17) is 16.3 Å². The Labute approximate surface area is 217 Å². The molecule has 4 rings (SSSR count). The molecule has 1 aromatic heterocycles. The molecular weight excluding hydrogens is 476 g/mol. The number of aliphatic hydroxyl groups is 1. The molecule has 2 N–H and O–H groups in total. The van der Waals surface area contributed by atoms with Gasteiger partial charge in [0.15, 0.2) is 0 Å². The molecule has 1 atom stereocenters. The number of methoxy groups -OCH3 is 1. The molecule has 36 heavy (non-hydrogen) atoms. The first-order chi connectivity index (χ1) is 17.4. The van der Waals surface area contributed by atoms with Gasteiger partial charge in [0, 0.05) is 17.1 Å². The maximum atomic E-state index is 11.8. The Bertz CT molecular complexity index is 1160. The Morgan fingerprint density at radius 2 is 1.94 bits per heavy atom. The van der Waals surface area contributed by atoms with Crippen LogP contribution in [-0.2, 0) is 11.2 Å². The van der Waals surface area contributed by atoms with Gasteiger partial charge in [-0.2, -0.15) is 0 Å². The number of piperidine rings is 1. The fourth-order valence-corrected chi connectivity index (χ4v) is 5.74. The second kappa shape index (κ2) is 12.0.